The van der Waals surface area contributed by atoms with Crippen molar-refractivity contribution in [2.45, 2.75) is 358 Å². The first kappa shape index (κ1) is 73.9. The van der Waals surface area contributed by atoms with Crippen molar-refractivity contribution in [2.75, 3.05) is 13.2 Å². The van der Waals surface area contributed by atoms with Crippen molar-refractivity contribution in [2.24, 2.45) is 0 Å². The zero-order chi connectivity index (χ0) is 56.5. The molecule has 6 N–H and O–H groups in total. The third kappa shape index (κ3) is 46.5. The van der Waals surface area contributed by atoms with Crippen LogP contribution in [0.15, 0.2) is 60.8 Å². The van der Waals surface area contributed by atoms with Crippen molar-refractivity contribution in [3.05, 3.63) is 60.8 Å². The van der Waals surface area contributed by atoms with Gasteiger partial charge in [0.2, 0.25) is 5.91 Å². The Bertz CT molecular complexity index is 1410. The van der Waals surface area contributed by atoms with Crippen LogP contribution in [0.3, 0.4) is 0 Å². The highest BCUT2D eigenvalue weighted by Crippen LogP contribution is 2.24. The van der Waals surface area contributed by atoms with E-state index in [-0.39, 0.29) is 12.5 Å². The Morgan fingerprint density at radius 1 is 0.449 bits per heavy atom. The first-order chi connectivity index (χ1) is 38.3. The quantitative estimate of drug-likeness (QED) is 0.0261. The number of rotatable bonds is 58. The van der Waals surface area contributed by atoms with E-state index in [1.165, 1.54) is 218 Å². The van der Waals surface area contributed by atoms with Crippen LogP contribution in [0, 0.1) is 0 Å². The summed E-state index contributed by atoms with van der Waals surface area (Å²) in [4.78, 5) is 13.1. The lowest BCUT2D eigenvalue weighted by Gasteiger charge is -2.40. The largest absolute Gasteiger partial charge is 0.394 e. The maximum atomic E-state index is 13.1. The van der Waals surface area contributed by atoms with E-state index in [1.807, 2.05) is 0 Å². The van der Waals surface area contributed by atoms with Gasteiger partial charge in [0.15, 0.2) is 6.29 Å². The van der Waals surface area contributed by atoms with E-state index in [0.717, 1.165) is 70.6 Å². The number of aliphatic hydroxyl groups is 5. The highest BCUT2D eigenvalue weighted by Gasteiger charge is 2.44. The van der Waals surface area contributed by atoms with Crippen LogP contribution >= 0.6 is 0 Å². The Balaban J connectivity index is 2.01. The molecule has 1 aliphatic heterocycles. The molecule has 9 heteroatoms. The Kier molecular flexibility index (Phi) is 55.0. The third-order valence-electron chi connectivity index (χ3n) is 15.9. The van der Waals surface area contributed by atoms with Gasteiger partial charge in [-0.3, -0.25) is 4.79 Å². The summed E-state index contributed by atoms with van der Waals surface area (Å²) in [5.74, 6) is -0.139. The Morgan fingerprint density at radius 2 is 0.795 bits per heavy atom. The fraction of sp³-hybridized carbons (Fsp3) is 0.841. The molecule has 7 unspecified atom stereocenters. The van der Waals surface area contributed by atoms with E-state index in [4.69, 9.17) is 9.47 Å². The highest BCUT2D eigenvalue weighted by molar-refractivity contribution is 5.76. The minimum absolute atomic E-state index is 0.134. The number of hydrogen-bond acceptors (Lipinski definition) is 8. The smallest absolute Gasteiger partial charge is 0.220 e. The maximum absolute atomic E-state index is 13.1. The molecule has 9 nitrogen and oxygen atoms in total. The first-order valence-electron chi connectivity index (χ1n) is 33.5. The second kappa shape index (κ2) is 58.1. The van der Waals surface area contributed by atoms with Gasteiger partial charge in [-0.15, -0.1) is 0 Å². The van der Waals surface area contributed by atoms with E-state index in [0.29, 0.717) is 12.8 Å². The van der Waals surface area contributed by atoms with Crippen molar-refractivity contribution in [1.29, 1.82) is 0 Å². The van der Waals surface area contributed by atoms with E-state index in [2.05, 4.69) is 79.9 Å². The number of hydrogen-bond donors (Lipinski definition) is 6. The van der Waals surface area contributed by atoms with Crippen molar-refractivity contribution in [3.8, 4) is 0 Å². The number of aliphatic hydroxyl groups excluding tert-OH is 5. The lowest BCUT2D eigenvalue weighted by molar-refractivity contribution is -0.302. The van der Waals surface area contributed by atoms with Crippen molar-refractivity contribution < 1.29 is 39.8 Å². The number of carbonyl (C=O) groups excluding carboxylic acids is 1. The molecular weight excluding hydrogens is 971 g/mol. The molecule has 1 saturated heterocycles. The lowest BCUT2D eigenvalue weighted by Crippen LogP contribution is -2.60. The van der Waals surface area contributed by atoms with Crippen LogP contribution in [0.4, 0.5) is 0 Å². The van der Waals surface area contributed by atoms with Crippen LogP contribution in [0.5, 0.6) is 0 Å². The number of carbonyl (C=O) groups is 1. The van der Waals surface area contributed by atoms with Gasteiger partial charge in [-0.25, -0.2) is 0 Å². The average Bonchev–Trinajstić information content (AvgIpc) is 3.46. The Labute approximate surface area is 481 Å². The maximum Gasteiger partial charge on any atom is 0.220 e. The predicted octanol–water partition coefficient (Wildman–Crippen LogP) is 17.8. The summed E-state index contributed by atoms with van der Waals surface area (Å²) < 4.78 is 11.3. The summed E-state index contributed by atoms with van der Waals surface area (Å²) in [7, 11) is 0. The van der Waals surface area contributed by atoms with Gasteiger partial charge >= 0.3 is 0 Å². The van der Waals surface area contributed by atoms with Crippen LogP contribution in [-0.2, 0) is 14.3 Å². The molecule has 0 aliphatic carbocycles. The molecule has 0 spiro atoms. The predicted molar refractivity (Wildman–Crippen MR) is 332 cm³/mol. The Morgan fingerprint density at radius 3 is 1.18 bits per heavy atom. The topological polar surface area (TPSA) is 149 Å². The van der Waals surface area contributed by atoms with Crippen LogP contribution in [0.1, 0.15) is 316 Å². The van der Waals surface area contributed by atoms with Gasteiger partial charge in [-0.2, -0.15) is 0 Å². The van der Waals surface area contributed by atoms with E-state index >= 15 is 0 Å². The molecule has 1 heterocycles. The molecule has 78 heavy (non-hydrogen) atoms. The summed E-state index contributed by atoms with van der Waals surface area (Å²) in [6.07, 6.45) is 73.0. The van der Waals surface area contributed by atoms with Gasteiger partial charge < -0.3 is 40.3 Å². The monoisotopic (exact) mass is 1100 g/mol. The third-order valence-corrected chi connectivity index (χ3v) is 15.9. The SMILES string of the molecule is CC/C=C\C/C=C\C/C=C\C/C=C\C/C=C\CCCCCCCCCCCCCCCCCCCCCCCCCCCC(=O)NC(COC1OC(CO)C(O)C(O)C1O)C(O)CCCCCCCCCCCCCCCC. The highest BCUT2D eigenvalue weighted by atomic mass is 16.7. The van der Waals surface area contributed by atoms with E-state index in [1.54, 1.807) is 0 Å². The van der Waals surface area contributed by atoms with Crippen molar-refractivity contribution >= 4 is 5.91 Å². The molecule has 1 rings (SSSR count). The molecule has 1 fully saturated rings. The molecule has 0 aromatic carbocycles. The average molecular weight is 1100 g/mol. The van der Waals surface area contributed by atoms with Crippen LogP contribution in [0.25, 0.3) is 0 Å². The van der Waals surface area contributed by atoms with E-state index < -0.39 is 49.5 Å². The summed E-state index contributed by atoms with van der Waals surface area (Å²) in [6.45, 7) is 3.75. The molecule has 0 saturated carbocycles. The second-order valence-corrected chi connectivity index (χ2v) is 23.2. The number of amides is 1. The van der Waals surface area contributed by atoms with Gasteiger partial charge in [-0.05, 0) is 57.8 Å². The van der Waals surface area contributed by atoms with Gasteiger partial charge in [0.1, 0.15) is 24.4 Å². The first-order valence-corrected chi connectivity index (χ1v) is 33.5. The number of allylic oxidation sites excluding steroid dienone is 10. The normalized spacial score (nSPS) is 19.0. The molecule has 7 atom stereocenters. The fourth-order valence-electron chi connectivity index (χ4n) is 10.7. The molecule has 0 aromatic heterocycles. The fourth-order valence-corrected chi connectivity index (χ4v) is 10.7. The number of unbranched alkanes of at least 4 members (excludes halogenated alkanes) is 38. The van der Waals surface area contributed by atoms with Crippen LogP contribution in [0.2, 0.25) is 0 Å². The van der Waals surface area contributed by atoms with Crippen molar-refractivity contribution in [1.82, 2.24) is 5.32 Å². The molecule has 0 bridgehead atoms. The van der Waals surface area contributed by atoms with Gasteiger partial charge in [-0.1, -0.05) is 312 Å². The van der Waals surface area contributed by atoms with Crippen molar-refractivity contribution in [3.63, 3.8) is 0 Å². The Hall–Kier alpha value is -2.11. The molecule has 1 aliphatic rings. The number of ether oxygens (including phenoxy) is 2. The molecule has 456 valence electrons. The summed E-state index contributed by atoms with van der Waals surface area (Å²) in [5, 5.41) is 54.7. The summed E-state index contributed by atoms with van der Waals surface area (Å²) >= 11 is 0. The van der Waals surface area contributed by atoms with Crippen LogP contribution < -0.4 is 5.32 Å². The van der Waals surface area contributed by atoms with Crippen LogP contribution in [-0.4, -0.2) is 87.5 Å². The molecular formula is C69H127NO8. The lowest BCUT2D eigenvalue weighted by atomic mass is 9.99. The van der Waals surface area contributed by atoms with Gasteiger partial charge in [0.25, 0.3) is 0 Å². The molecule has 1 amide bonds. The minimum atomic E-state index is -1.55. The summed E-state index contributed by atoms with van der Waals surface area (Å²) in [6, 6.07) is -0.717. The number of nitrogens with one attached hydrogen (secondary N) is 1. The summed E-state index contributed by atoms with van der Waals surface area (Å²) in [5.41, 5.74) is 0. The van der Waals surface area contributed by atoms with Gasteiger partial charge in [0.05, 0.1) is 25.4 Å². The molecule has 0 aromatic rings. The van der Waals surface area contributed by atoms with Gasteiger partial charge in [0, 0.05) is 6.42 Å². The molecule has 0 radical (unpaired) electrons. The zero-order valence-corrected chi connectivity index (χ0v) is 50.9. The van der Waals surface area contributed by atoms with E-state index in [9.17, 15) is 30.3 Å². The standard InChI is InChI=1S/C69H127NO8/c1-3-5-7-9-11-13-15-17-19-20-21-22-23-24-25-26-27-28-29-30-31-32-33-34-35-36-37-38-39-40-41-42-43-44-45-47-49-51-53-55-57-59-65(73)70-62(61-77-69-68(76)67(75)66(74)64(60-71)78-69)63(72)58-56-54-52-50-48-46-18-16-14-12-10-8-6-4-2/h5,7,11,13,17,19,21-22,24-25,62-64,66-69,71-72,74-76H,3-4,6,8-10,12,14-16,18,20,23,26-61H2,1-2H3,(H,70,73)/b7-5-,13-11-,19-17-,22-21-,25-24-. The minimum Gasteiger partial charge on any atom is -0.394 e. The second-order valence-electron chi connectivity index (χ2n) is 23.2. The zero-order valence-electron chi connectivity index (χ0n) is 50.9.